The van der Waals surface area contributed by atoms with Crippen molar-refractivity contribution in [1.82, 2.24) is 0 Å². The first-order valence-electron chi connectivity index (χ1n) is 8.19. The Balaban J connectivity index is 2.12. The van der Waals surface area contributed by atoms with E-state index < -0.39 is 21.8 Å². The maximum atomic E-state index is 12.7. The van der Waals surface area contributed by atoms with Gasteiger partial charge in [-0.1, -0.05) is 23.8 Å². The summed E-state index contributed by atoms with van der Waals surface area (Å²) in [6, 6.07) is 5.96. The molecule has 2 aliphatic heterocycles. The first-order chi connectivity index (χ1) is 11.8. The number of carbonyl (C=O) groups is 1. The number of allylic oxidation sites excluding steroid dienone is 2. The summed E-state index contributed by atoms with van der Waals surface area (Å²) in [7, 11) is -3.47. The van der Waals surface area contributed by atoms with Crippen LogP contribution in [0.4, 0.5) is 5.69 Å². The van der Waals surface area contributed by atoms with Crippen molar-refractivity contribution in [2.24, 2.45) is 0 Å². The monoisotopic (exact) mass is 381 g/mol. The number of hydrogen-bond donors (Lipinski definition) is 0. The molecule has 5 nitrogen and oxygen atoms in total. The van der Waals surface area contributed by atoms with Gasteiger partial charge < -0.3 is 9.64 Å². The highest BCUT2D eigenvalue weighted by atomic mass is 35.5. The third-order valence-electron chi connectivity index (χ3n) is 4.10. The Kier molecular flexibility index (Phi) is 4.93. The largest absolute Gasteiger partial charge is 0.461 e. The zero-order valence-corrected chi connectivity index (χ0v) is 15.7. The molecule has 1 aromatic rings. The number of rotatable bonds is 3. The third kappa shape index (κ3) is 3.60. The number of anilines is 1. The summed E-state index contributed by atoms with van der Waals surface area (Å²) in [6.45, 7) is 3.53. The van der Waals surface area contributed by atoms with E-state index in [0.29, 0.717) is 23.6 Å². The van der Waals surface area contributed by atoms with Gasteiger partial charge in [-0.3, -0.25) is 0 Å². The summed E-state index contributed by atoms with van der Waals surface area (Å²) in [5, 5.41) is 0.743. The van der Waals surface area contributed by atoms with Gasteiger partial charge in [-0.05, 0) is 56.5 Å². The molecule has 0 fully saturated rings. The van der Waals surface area contributed by atoms with E-state index in [1.165, 1.54) is 0 Å². The van der Waals surface area contributed by atoms with Gasteiger partial charge in [0.2, 0.25) is 0 Å². The normalized spacial score (nSPS) is 22.1. The van der Waals surface area contributed by atoms with Crippen LogP contribution in [-0.4, -0.2) is 32.3 Å². The molecule has 0 spiro atoms. The molecule has 0 saturated heterocycles. The second-order valence-electron chi connectivity index (χ2n) is 6.39. The van der Waals surface area contributed by atoms with Gasteiger partial charge in [0.25, 0.3) is 0 Å². The third-order valence-corrected chi connectivity index (χ3v) is 6.23. The number of carbonyl (C=O) groups excluding carboxylic acids is 1. The summed E-state index contributed by atoms with van der Waals surface area (Å²) < 4.78 is 30.8. The lowest BCUT2D eigenvalue weighted by molar-refractivity contribution is -0.147. The highest BCUT2D eigenvalue weighted by Gasteiger charge is 2.40. The number of nitrogens with zero attached hydrogens (tertiary/aromatic N) is 1. The lowest BCUT2D eigenvalue weighted by Crippen LogP contribution is -2.46. The molecule has 0 amide bonds. The number of ether oxygens (including phenoxy) is 1. The van der Waals surface area contributed by atoms with E-state index in [2.05, 4.69) is 0 Å². The van der Waals surface area contributed by atoms with Crippen LogP contribution < -0.4 is 4.90 Å². The van der Waals surface area contributed by atoms with Crippen LogP contribution in [0.5, 0.6) is 0 Å². The van der Waals surface area contributed by atoms with Crippen LogP contribution in [-0.2, 0) is 19.4 Å². The van der Waals surface area contributed by atoms with Crippen molar-refractivity contribution < 1.29 is 17.9 Å². The van der Waals surface area contributed by atoms with Crippen molar-refractivity contribution in [3.05, 3.63) is 52.0 Å². The lowest BCUT2D eigenvalue weighted by Gasteiger charge is -2.37. The molecule has 1 aromatic carbocycles. The van der Waals surface area contributed by atoms with Crippen molar-refractivity contribution in [2.45, 2.75) is 38.8 Å². The van der Waals surface area contributed by atoms with E-state index >= 15 is 0 Å². The fraction of sp³-hybridized carbons (Fsp3) is 0.389. The molecule has 3 rings (SSSR count). The SMILES string of the molecule is CC(C)OC(=O)C1C=CC2=C(N1c1ccc(Cl)cc1)S(=O)(=O)CCC2. The van der Waals surface area contributed by atoms with E-state index in [1.54, 1.807) is 55.2 Å². The standard InChI is InChI=1S/C18H20ClNO4S/c1-12(2)24-18(21)16-10-5-13-4-3-11-25(22,23)17(13)20(16)15-8-6-14(19)7-9-15/h5-10,12,16H,3-4,11H2,1-2H3. The minimum Gasteiger partial charge on any atom is -0.461 e. The fourth-order valence-electron chi connectivity index (χ4n) is 3.10. The van der Waals surface area contributed by atoms with Crippen molar-refractivity contribution in [2.75, 3.05) is 10.7 Å². The molecule has 7 heteroatoms. The second kappa shape index (κ2) is 6.84. The molecule has 2 aliphatic rings. The average Bonchev–Trinajstić information content (AvgIpc) is 2.53. The van der Waals surface area contributed by atoms with Crippen LogP contribution in [0.1, 0.15) is 26.7 Å². The van der Waals surface area contributed by atoms with E-state index in [1.807, 2.05) is 0 Å². The summed E-state index contributed by atoms with van der Waals surface area (Å²) in [5.41, 5.74) is 1.33. The number of halogens is 1. The highest BCUT2D eigenvalue weighted by Crippen LogP contribution is 2.37. The van der Waals surface area contributed by atoms with Crippen LogP contribution in [0, 0.1) is 0 Å². The predicted molar refractivity (Wildman–Crippen MR) is 98.1 cm³/mol. The van der Waals surface area contributed by atoms with E-state index in [9.17, 15) is 13.2 Å². The summed E-state index contributed by atoms with van der Waals surface area (Å²) in [6.07, 6.45) is 4.41. The molecular formula is C18H20ClNO4S. The predicted octanol–water partition coefficient (Wildman–Crippen LogP) is 3.46. The molecule has 2 heterocycles. The van der Waals surface area contributed by atoms with E-state index in [4.69, 9.17) is 16.3 Å². The number of benzene rings is 1. The Morgan fingerprint density at radius 2 is 1.96 bits per heavy atom. The van der Waals surface area contributed by atoms with Gasteiger partial charge in [-0.25, -0.2) is 13.2 Å². The van der Waals surface area contributed by atoms with Crippen molar-refractivity contribution in [1.29, 1.82) is 0 Å². The molecule has 0 N–H and O–H groups in total. The van der Waals surface area contributed by atoms with Crippen LogP contribution in [0.3, 0.4) is 0 Å². The zero-order chi connectivity index (χ0) is 18.2. The summed E-state index contributed by atoms with van der Waals surface area (Å²) in [4.78, 5) is 14.1. The maximum Gasteiger partial charge on any atom is 0.333 e. The fourth-order valence-corrected chi connectivity index (χ4v) is 5.03. The van der Waals surface area contributed by atoms with Crippen LogP contribution in [0.25, 0.3) is 0 Å². The average molecular weight is 382 g/mol. The first-order valence-corrected chi connectivity index (χ1v) is 10.2. The molecular weight excluding hydrogens is 362 g/mol. The van der Waals surface area contributed by atoms with Crippen molar-refractivity contribution in [3.63, 3.8) is 0 Å². The molecule has 134 valence electrons. The summed E-state index contributed by atoms with van der Waals surface area (Å²) in [5.74, 6) is -0.399. The van der Waals surface area contributed by atoms with Crippen molar-refractivity contribution in [3.8, 4) is 0 Å². The smallest absolute Gasteiger partial charge is 0.333 e. The molecule has 0 radical (unpaired) electrons. The molecule has 0 saturated carbocycles. The van der Waals surface area contributed by atoms with Gasteiger partial charge in [0.15, 0.2) is 15.9 Å². The highest BCUT2D eigenvalue weighted by molar-refractivity contribution is 7.95. The van der Waals surface area contributed by atoms with Gasteiger partial charge >= 0.3 is 5.97 Å². The minimum absolute atomic E-state index is 0.0791. The van der Waals surface area contributed by atoms with Gasteiger partial charge in [-0.2, -0.15) is 0 Å². The van der Waals surface area contributed by atoms with Crippen molar-refractivity contribution >= 4 is 33.1 Å². The van der Waals surface area contributed by atoms with Gasteiger partial charge in [-0.15, -0.1) is 0 Å². The Hall–Kier alpha value is -1.79. The topological polar surface area (TPSA) is 63.7 Å². The quantitative estimate of drug-likeness (QED) is 0.750. The number of sulfone groups is 1. The van der Waals surface area contributed by atoms with Gasteiger partial charge in [0, 0.05) is 10.7 Å². The first kappa shape index (κ1) is 18.0. The Labute approximate surface area is 152 Å². The van der Waals surface area contributed by atoms with Crippen LogP contribution in [0.15, 0.2) is 47.0 Å². The molecule has 1 atom stereocenters. The molecule has 0 aliphatic carbocycles. The second-order valence-corrected chi connectivity index (χ2v) is 8.85. The Morgan fingerprint density at radius 1 is 1.28 bits per heavy atom. The summed E-state index contributed by atoms with van der Waals surface area (Å²) >= 11 is 5.96. The maximum absolute atomic E-state index is 12.7. The zero-order valence-electron chi connectivity index (χ0n) is 14.1. The van der Waals surface area contributed by atoms with E-state index in [-0.39, 0.29) is 16.9 Å². The Morgan fingerprint density at radius 3 is 2.60 bits per heavy atom. The van der Waals surface area contributed by atoms with Gasteiger partial charge in [0.05, 0.1) is 11.9 Å². The molecule has 25 heavy (non-hydrogen) atoms. The van der Waals surface area contributed by atoms with E-state index in [0.717, 1.165) is 5.57 Å². The number of esters is 1. The molecule has 0 aromatic heterocycles. The van der Waals surface area contributed by atoms with Crippen LogP contribution in [0.2, 0.25) is 5.02 Å². The lowest BCUT2D eigenvalue weighted by atomic mass is 10.0. The molecule has 0 bridgehead atoms. The van der Waals surface area contributed by atoms with Gasteiger partial charge in [0.1, 0.15) is 5.03 Å². The molecule has 1 unspecified atom stereocenters. The van der Waals surface area contributed by atoms with Crippen LogP contribution >= 0.6 is 11.6 Å². The minimum atomic E-state index is -3.47. The number of hydrogen-bond acceptors (Lipinski definition) is 5. The Bertz CT molecular complexity index is 840.